The Balaban J connectivity index is 1.11. The summed E-state index contributed by atoms with van der Waals surface area (Å²) in [7, 11) is 1.70. The first-order valence-corrected chi connectivity index (χ1v) is 12.9. The van der Waals surface area contributed by atoms with Gasteiger partial charge in [0.1, 0.15) is 11.5 Å². The Labute approximate surface area is 214 Å². The molecule has 6 nitrogen and oxygen atoms in total. The number of fused-ring (bicyclic) bond motifs is 1. The van der Waals surface area contributed by atoms with Gasteiger partial charge in [0.15, 0.2) is 0 Å². The molecule has 0 unspecified atom stereocenters. The van der Waals surface area contributed by atoms with Crippen molar-refractivity contribution in [2.75, 3.05) is 56.2 Å². The summed E-state index contributed by atoms with van der Waals surface area (Å²) in [5.74, 6) is 1.99. The number of carbonyl (C=O) groups is 1. The summed E-state index contributed by atoms with van der Waals surface area (Å²) < 4.78 is 11.5. The Morgan fingerprint density at radius 2 is 1.61 bits per heavy atom. The molecule has 36 heavy (non-hydrogen) atoms. The molecule has 0 radical (unpaired) electrons. The van der Waals surface area contributed by atoms with Crippen LogP contribution in [0.1, 0.15) is 24.0 Å². The summed E-state index contributed by atoms with van der Waals surface area (Å²) in [5.41, 5.74) is 4.54. The standard InChI is InChI=1S/C30H35N3O3/c1-35-26-13-11-25(12-14-26)32-20-18-31(19-21-32)17-6-22-36-29-10-5-9-28-27(29)15-16-30(34)33(28)23-24-7-3-2-4-8-24/h2-5,7-14H,6,15-23H2,1H3. The highest BCUT2D eigenvalue weighted by Gasteiger charge is 2.26. The first-order chi connectivity index (χ1) is 17.7. The van der Waals surface area contributed by atoms with Gasteiger partial charge in [-0.25, -0.2) is 0 Å². The molecule has 0 bridgehead atoms. The molecular weight excluding hydrogens is 450 g/mol. The van der Waals surface area contributed by atoms with Crippen molar-refractivity contribution in [3.63, 3.8) is 0 Å². The Bertz CT molecular complexity index is 1140. The topological polar surface area (TPSA) is 45.3 Å². The van der Waals surface area contributed by atoms with E-state index in [1.54, 1.807) is 7.11 Å². The van der Waals surface area contributed by atoms with Crippen LogP contribution in [0.5, 0.6) is 11.5 Å². The highest BCUT2D eigenvalue weighted by atomic mass is 16.5. The minimum absolute atomic E-state index is 0.178. The molecule has 0 spiro atoms. The summed E-state index contributed by atoms with van der Waals surface area (Å²) in [6, 6.07) is 24.6. The summed E-state index contributed by atoms with van der Waals surface area (Å²) in [4.78, 5) is 19.6. The second-order valence-corrected chi connectivity index (χ2v) is 9.45. The van der Waals surface area contributed by atoms with E-state index in [1.165, 1.54) is 5.69 Å². The monoisotopic (exact) mass is 485 g/mol. The lowest BCUT2D eigenvalue weighted by Crippen LogP contribution is -2.46. The Hall–Kier alpha value is -3.51. The fourth-order valence-electron chi connectivity index (χ4n) is 5.13. The fraction of sp³-hybridized carbons (Fsp3) is 0.367. The first kappa shape index (κ1) is 24.2. The first-order valence-electron chi connectivity index (χ1n) is 12.9. The van der Waals surface area contributed by atoms with Crippen molar-refractivity contribution >= 4 is 17.3 Å². The highest BCUT2D eigenvalue weighted by molar-refractivity contribution is 5.96. The molecule has 0 aliphatic carbocycles. The van der Waals surface area contributed by atoms with E-state index >= 15 is 0 Å². The molecule has 0 N–H and O–H groups in total. The van der Waals surface area contributed by atoms with Crippen molar-refractivity contribution in [3.8, 4) is 11.5 Å². The van der Waals surface area contributed by atoms with Crippen LogP contribution in [0.25, 0.3) is 0 Å². The van der Waals surface area contributed by atoms with Crippen molar-refractivity contribution in [2.45, 2.75) is 25.8 Å². The molecule has 2 heterocycles. The third kappa shape index (κ3) is 5.65. The van der Waals surface area contributed by atoms with Gasteiger partial charge in [-0.05, 0) is 54.8 Å². The molecular formula is C30H35N3O3. The summed E-state index contributed by atoms with van der Waals surface area (Å²) >= 11 is 0. The number of carbonyl (C=O) groups excluding carboxylic acids is 1. The molecule has 1 amide bonds. The van der Waals surface area contributed by atoms with Crippen LogP contribution in [0.2, 0.25) is 0 Å². The van der Waals surface area contributed by atoms with Gasteiger partial charge >= 0.3 is 0 Å². The van der Waals surface area contributed by atoms with Gasteiger partial charge in [-0.2, -0.15) is 0 Å². The van der Waals surface area contributed by atoms with Crippen LogP contribution < -0.4 is 19.3 Å². The summed E-state index contributed by atoms with van der Waals surface area (Å²) in [6.45, 7) is 6.49. The normalized spacial score (nSPS) is 16.1. The number of methoxy groups -OCH3 is 1. The third-order valence-corrected chi connectivity index (χ3v) is 7.16. The number of amides is 1. The lowest BCUT2D eigenvalue weighted by molar-refractivity contribution is -0.119. The maximum atomic E-state index is 12.7. The van der Waals surface area contributed by atoms with Crippen molar-refractivity contribution in [1.82, 2.24) is 4.90 Å². The molecule has 188 valence electrons. The van der Waals surface area contributed by atoms with Gasteiger partial charge in [-0.1, -0.05) is 36.4 Å². The van der Waals surface area contributed by atoms with Crippen LogP contribution in [0, 0.1) is 0 Å². The van der Waals surface area contributed by atoms with Gasteiger partial charge in [0, 0.05) is 50.4 Å². The highest BCUT2D eigenvalue weighted by Crippen LogP contribution is 2.35. The van der Waals surface area contributed by atoms with E-state index in [0.717, 1.165) is 73.9 Å². The van der Waals surface area contributed by atoms with Crippen LogP contribution in [-0.4, -0.2) is 57.2 Å². The van der Waals surface area contributed by atoms with E-state index in [4.69, 9.17) is 9.47 Å². The minimum atomic E-state index is 0.178. The van der Waals surface area contributed by atoms with Crippen LogP contribution in [0.4, 0.5) is 11.4 Å². The summed E-state index contributed by atoms with van der Waals surface area (Å²) in [6.07, 6.45) is 2.25. The molecule has 1 fully saturated rings. The average Bonchev–Trinajstić information content (AvgIpc) is 2.93. The fourth-order valence-corrected chi connectivity index (χ4v) is 5.13. The van der Waals surface area contributed by atoms with Gasteiger partial charge in [0.25, 0.3) is 0 Å². The van der Waals surface area contributed by atoms with Gasteiger partial charge in [-0.15, -0.1) is 0 Å². The second kappa shape index (κ2) is 11.5. The number of ether oxygens (including phenoxy) is 2. The van der Waals surface area contributed by atoms with Crippen LogP contribution in [0.3, 0.4) is 0 Å². The molecule has 6 heteroatoms. The van der Waals surface area contributed by atoms with E-state index in [9.17, 15) is 4.79 Å². The largest absolute Gasteiger partial charge is 0.497 e. The van der Waals surface area contributed by atoms with Crippen molar-refractivity contribution in [2.24, 2.45) is 0 Å². The zero-order valence-corrected chi connectivity index (χ0v) is 21.1. The van der Waals surface area contributed by atoms with E-state index in [-0.39, 0.29) is 5.91 Å². The van der Waals surface area contributed by atoms with E-state index in [2.05, 4.69) is 34.1 Å². The van der Waals surface area contributed by atoms with Gasteiger partial charge < -0.3 is 19.3 Å². The van der Waals surface area contributed by atoms with Crippen molar-refractivity contribution in [3.05, 3.63) is 83.9 Å². The number of nitrogens with zero attached hydrogens (tertiary/aromatic N) is 3. The zero-order chi connectivity index (χ0) is 24.7. The predicted molar refractivity (Wildman–Crippen MR) is 144 cm³/mol. The predicted octanol–water partition coefficient (Wildman–Crippen LogP) is 4.77. The van der Waals surface area contributed by atoms with Gasteiger partial charge in [0.2, 0.25) is 5.91 Å². The molecule has 0 saturated carbocycles. The van der Waals surface area contributed by atoms with E-state index in [0.29, 0.717) is 19.6 Å². The van der Waals surface area contributed by atoms with Crippen molar-refractivity contribution < 1.29 is 14.3 Å². The second-order valence-electron chi connectivity index (χ2n) is 9.45. The molecule has 5 rings (SSSR count). The summed E-state index contributed by atoms with van der Waals surface area (Å²) in [5, 5.41) is 0. The number of rotatable bonds is 9. The lowest BCUT2D eigenvalue weighted by atomic mass is 9.99. The van der Waals surface area contributed by atoms with Crippen LogP contribution in [0.15, 0.2) is 72.8 Å². The maximum absolute atomic E-state index is 12.7. The lowest BCUT2D eigenvalue weighted by Gasteiger charge is -2.36. The van der Waals surface area contributed by atoms with Crippen molar-refractivity contribution in [1.29, 1.82) is 0 Å². The molecule has 2 aliphatic rings. The van der Waals surface area contributed by atoms with Gasteiger partial charge in [-0.3, -0.25) is 9.69 Å². The van der Waals surface area contributed by atoms with Gasteiger partial charge in [0.05, 0.1) is 25.9 Å². The molecule has 0 aromatic heterocycles. The Kier molecular flexibility index (Phi) is 7.72. The van der Waals surface area contributed by atoms with Crippen LogP contribution >= 0.6 is 0 Å². The average molecular weight is 486 g/mol. The van der Waals surface area contributed by atoms with E-state index in [1.807, 2.05) is 53.4 Å². The Morgan fingerprint density at radius 1 is 0.833 bits per heavy atom. The number of piperazine rings is 1. The number of hydrogen-bond donors (Lipinski definition) is 0. The molecule has 3 aromatic carbocycles. The molecule has 0 atom stereocenters. The molecule has 3 aromatic rings. The SMILES string of the molecule is COc1ccc(N2CCN(CCCOc3cccc4c3CCC(=O)N4Cc3ccccc3)CC2)cc1. The Morgan fingerprint density at radius 3 is 2.36 bits per heavy atom. The quantitative estimate of drug-likeness (QED) is 0.409. The number of benzene rings is 3. The maximum Gasteiger partial charge on any atom is 0.227 e. The van der Waals surface area contributed by atoms with Crippen LogP contribution in [-0.2, 0) is 17.8 Å². The smallest absolute Gasteiger partial charge is 0.227 e. The van der Waals surface area contributed by atoms with E-state index < -0.39 is 0 Å². The number of anilines is 2. The minimum Gasteiger partial charge on any atom is -0.497 e. The third-order valence-electron chi connectivity index (χ3n) is 7.16. The zero-order valence-electron chi connectivity index (χ0n) is 21.1. The molecule has 2 aliphatic heterocycles. The molecule has 1 saturated heterocycles. The number of hydrogen-bond acceptors (Lipinski definition) is 5.